The monoisotopic (exact) mass is 200 g/mol. The summed E-state index contributed by atoms with van der Waals surface area (Å²) in [5.41, 5.74) is 0.705. The van der Waals surface area contributed by atoms with Crippen LogP contribution in [0.4, 0.5) is 4.39 Å². The van der Waals surface area contributed by atoms with E-state index in [4.69, 9.17) is 11.6 Å². The quantitative estimate of drug-likeness (QED) is 0.654. The van der Waals surface area contributed by atoms with Gasteiger partial charge in [-0.15, -0.1) is 11.6 Å². The molecule has 0 fully saturated rings. The van der Waals surface area contributed by atoms with E-state index in [0.717, 1.165) is 0 Å². The standard InChI is InChI=1S/C11H14ClF/c1-8(2)10(12)7-9-5-3-4-6-11(9)13/h3-6,8,10H,7H2,1-2H3. The van der Waals surface area contributed by atoms with E-state index in [1.54, 1.807) is 12.1 Å². The topological polar surface area (TPSA) is 0 Å². The number of halogens is 2. The third-order valence-electron chi connectivity index (χ3n) is 2.10. The molecule has 0 saturated carbocycles. The zero-order chi connectivity index (χ0) is 9.84. The molecule has 0 aliphatic carbocycles. The van der Waals surface area contributed by atoms with Crippen molar-refractivity contribution in [3.8, 4) is 0 Å². The molecule has 72 valence electrons. The van der Waals surface area contributed by atoms with E-state index >= 15 is 0 Å². The Bertz CT molecular complexity index is 271. The maximum Gasteiger partial charge on any atom is 0.126 e. The predicted octanol–water partition coefficient (Wildman–Crippen LogP) is 3.63. The Morgan fingerprint density at radius 2 is 1.92 bits per heavy atom. The molecule has 1 aromatic carbocycles. The first kappa shape index (κ1) is 10.5. The molecule has 0 heterocycles. The van der Waals surface area contributed by atoms with Crippen LogP contribution < -0.4 is 0 Å². The lowest BCUT2D eigenvalue weighted by Gasteiger charge is -2.13. The average Bonchev–Trinajstić information content (AvgIpc) is 2.08. The van der Waals surface area contributed by atoms with E-state index in [2.05, 4.69) is 0 Å². The molecular formula is C11H14ClF. The Hall–Kier alpha value is -0.560. The van der Waals surface area contributed by atoms with Gasteiger partial charge in [0, 0.05) is 5.38 Å². The summed E-state index contributed by atoms with van der Waals surface area (Å²) in [6.07, 6.45) is 0.603. The van der Waals surface area contributed by atoms with E-state index in [0.29, 0.717) is 17.9 Å². The smallest absolute Gasteiger partial charge is 0.126 e. The Labute approximate surface area is 83.7 Å². The summed E-state index contributed by atoms with van der Waals surface area (Å²) < 4.78 is 13.2. The Morgan fingerprint density at radius 1 is 1.31 bits per heavy atom. The molecule has 0 spiro atoms. The van der Waals surface area contributed by atoms with Crippen LogP contribution in [0.5, 0.6) is 0 Å². The van der Waals surface area contributed by atoms with Crippen molar-refractivity contribution in [2.24, 2.45) is 5.92 Å². The molecule has 0 radical (unpaired) electrons. The molecule has 1 rings (SSSR count). The number of hydrogen-bond acceptors (Lipinski definition) is 0. The summed E-state index contributed by atoms with van der Waals surface area (Å²) in [5.74, 6) is 0.218. The second-order valence-electron chi connectivity index (χ2n) is 3.56. The molecule has 1 unspecified atom stereocenters. The summed E-state index contributed by atoms with van der Waals surface area (Å²) in [7, 11) is 0. The third-order valence-corrected chi connectivity index (χ3v) is 2.75. The molecule has 13 heavy (non-hydrogen) atoms. The van der Waals surface area contributed by atoms with Gasteiger partial charge in [-0.05, 0) is 24.0 Å². The van der Waals surface area contributed by atoms with Gasteiger partial charge in [-0.25, -0.2) is 4.39 Å². The summed E-state index contributed by atoms with van der Waals surface area (Å²) in [6, 6.07) is 6.78. The second kappa shape index (κ2) is 4.61. The molecular weight excluding hydrogens is 187 g/mol. The molecule has 1 atom stereocenters. The van der Waals surface area contributed by atoms with Crippen molar-refractivity contribution in [1.29, 1.82) is 0 Å². The van der Waals surface area contributed by atoms with Gasteiger partial charge in [0.15, 0.2) is 0 Å². The molecule has 0 saturated heterocycles. The molecule has 0 N–H and O–H groups in total. The first-order valence-electron chi connectivity index (χ1n) is 4.48. The highest BCUT2D eigenvalue weighted by molar-refractivity contribution is 6.20. The van der Waals surface area contributed by atoms with Gasteiger partial charge in [-0.2, -0.15) is 0 Å². The van der Waals surface area contributed by atoms with Crippen LogP contribution in [0.3, 0.4) is 0 Å². The van der Waals surface area contributed by atoms with E-state index in [1.165, 1.54) is 6.07 Å². The number of benzene rings is 1. The van der Waals surface area contributed by atoms with Crippen molar-refractivity contribution >= 4 is 11.6 Å². The van der Waals surface area contributed by atoms with Crippen LogP contribution in [-0.2, 0) is 6.42 Å². The summed E-state index contributed by atoms with van der Waals surface area (Å²) >= 11 is 6.06. The highest BCUT2D eigenvalue weighted by Gasteiger charge is 2.12. The summed E-state index contributed by atoms with van der Waals surface area (Å²) in [5, 5.41) is 0.0110. The SMILES string of the molecule is CC(C)C(Cl)Cc1ccccc1F. The van der Waals surface area contributed by atoms with Crippen molar-refractivity contribution < 1.29 is 4.39 Å². The van der Waals surface area contributed by atoms with Gasteiger partial charge in [-0.3, -0.25) is 0 Å². The molecule has 0 amide bonds. The maximum atomic E-state index is 13.2. The summed E-state index contributed by atoms with van der Waals surface area (Å²) in [6.45, 7) is 4.08. The molecule has 0 aromatic heterocycles. The molecule has 0 aliphatic rings. The van der Waals surface area contributed by atoms with Crippen LogP contribution >= 0.6 is 11.6 Å². The van der Waals surface area contributed by atoms with Crippen LogP contribution in [0, 0.1) is 11.7 Å². The average molecular weight is 201 g/mol. The molecule has 1 aromatic rings. The minimum absolute atomic E-state index is 0.0110. The number of alkyl halides is 1. The van der Waals surface area contributed by atoms with Crippen molar-refractivity contribution in [1.82, 2.24) is 0 Å². The molecule has 0 bridgehead atoms. The zero-order valence-corrected chi connectivity index (χ0v) is 8.68. The van der Waals surface area contributed by atoms with Gasteiger partial charge >= 0.3 is 0 Å². The van der Waals surface area contributed by atoms with E-state index in [9.17, 15) is 4.39 Å². The minimum atomic E-state index is -0.159. The zero-order valence-electron chi connectivity index (χ0n) is 7.93. The highest BCUT2D eigenvalue weighted by Crippen LogP contribution is 2.17. The van der Waals surface area contributed by atoms with Gasteiger partial charge in [0.2, 0.25) is 0 Å². The lowest BCUT2D eigenvalue weighted by Crippen LogP contribution is -2.11. The number of hydrogen-bond donors (Lipinski definition) is 0. The van der Waals surface area contributed by atoms with Crippen molar-refractivity contribution in [3.63, 3.8) is 0 Å². The minimum Gasteiger partial charge on any atom is -0.207 e. The van der Waals surface area contributed by atoms with Crippen LogP contribution in [0.15, 0.2) is 24.3 Å². The van der Waals surface area contributed by atoms with Gasteiger partial charge < -0.3 is 0 Å². The van der Waals surface area contributed by atoms with Crippen LogP contribution in [0.1, 0.15) is 19.4 Å². The molecule has 0 aliphatic heterocycles. The first-order valence-corrected chi connectivity index (χ1v) is 4.92. The fraction of sp³-hybridized carbons (Fsp3) is 0.455. The van der Waals surface area contributed by atoms with Gasteiger partial charge in [0.05, 0.1) is 0 Å². The van der Waals surface area contributed by atoms with Gasteiger partial charge in [-0.1, -0.05) is 32.0 Å². The van der Waals surface area contributed by atoms with Crippen LogP contribution in [0.25, 0.3) is 0 Å². The maximum absolute atomic E-state index is 13.2. The van der Waals surface area contributed by atoms with Crippen molar-refractivity contribution in [2.45, 2.75) is 25.6 Å². The van der Waals surface area contributed by atoms with Gasteiger partial charge in [0.1, 0.15) is 5.82 Å². The molecule has 2 heteroatoms. The highest BCUT2D eigenvalue weighted by atomic mass is 35.5. The van der Waals surface area contributed by atoms with Crippen LogP contribution in [-0.4, -0.2) is 5.38 Å². The fourth-order valence-electron chi connectivity index (χ4n) is 1.11. The van der Waals surface area contributed by atoms with E-state index in [1.807, 2.05) is 19.9 Å². The van der Waals surface area contributed by atoms with Crippen molar-refractivity contribution in [2.75, 3.05) is 0 Å². The second-order valence-corrected chi connectivity index (χ2v) is 4.12. The Balaban J connectivity index is 2.69. The van der Waals surface area contributed by atoms with E-state index in [-0.39, 0.29) is 11.2 Å². The Morgan fingerprint density at radius 3 is 2.46 bits per heavy atom. The predicted molar refractivity (Wildman–Crippen MR) is 54.6 cm³/mol. The summed E-state index contributed by atoms with van der Waals surface area (Å²) in [4.78, 5) is 0. The van der Waals surface area contributed by atoms with Crippen molar-refractivity contribution in [3.05, 3.63) is 35.6 Å². The van der Waals surface area contributed by atoms with E-state index < -0.39 is 0 Å². The lowest BCUT2D eigenvalue weighted by atomic mass is 10.0. The normalized spacial score (nSPS) is 13.3. The van der Waals surface area contributed by atoms with Gasteiger partial charge in [0.25, 0.3) is 0 Å². The fourth-order valence-corrected chi connectivity index (χ4v) is 1.28. The Kier molecular flexibility index (Phi) is 3.73. The molecule has 0 nitrogen and oxygen atoms in total. The first-order chi connectivity index (χ1) is 6.11. The largest absolute Gasteiger partial charge is 0.207 e. The number of rotatable bonds is 3. The lowest BCUT2D eigenvalue weighted by molar-refractivity contribution is 0.564. The third kappa shape index (κ3) is 3.00. The van der Waals surface area contributed by atoms with Crippen LogP contribution in [0.2, 0.25) is 0 Å².